The molecule has 3 rings (SSSR count). The molecule has 0 heterocycles. The molecule has 0 unspecified atom stereocenters. The molecule has 0 aliphatic carbocycles. The first-order chi connectivity index (χ1) is 15.7. The largest absolute Gasteiger partial charge is 0.497 e. The molecule has 0 fully saturated rings. The van der Waals surface area contributed by atoms with Gasteiger partial charge in [-0.1, -0.05) is 24.3 Å². The summed E-state index contributed by atoms with van der Waals surface area (Å²) in [5.41, 5.74) is 1.78. The molecular weight excluding hydrogens is 442 g/mol. The number of likely N-dealkylation sites (N-methyl/N-ethyl adjacent to an activating group) is 1. The van der Waals surface area contributed by atoms with Crippen LogP contribution >= 0.6 is 0 Å². The van der Waals surface area contributed by atoms with Crippen molar-refractivity contribution in [1.82, 2.24) is 4.90 Å². The van der Waals surface area contributed by atoms with Gasteiger partial charge in [0.25, 0.3) is 15.9 Å². The predicted molar refractivity (Wildman–Crippen MR) is 127 cm³/mol. The summed E-state index contributed by atoms with van der Waals surface area (Å²) in [6.45, 7) is 1.52. The maximum absolute atomic E-state index is 13.0. The van der Waals surface area contributed by atoms with E-state index in [4.69, 9.17) is 4.74 Å². The van der Waals surface area contributed by atoms with E-state index in [1.54, 1.807) is 61.5 Å². The molecule has 0 aromatic heterocycles. The number of para-hydroxylation sites is 1. The molecule has 2 N–H and O–H groups in total. The summed E-state index contributed by atoms with van der Waals surface area (Å²) in [5.74, 6) is -0.225. The molecule has 0 saturated carbocycles. The van der Waals surface area contributed by atoms with Crippen molar-refractivity contribution >= 4 is 33.2 Å². The van der Waals surface area contributed by atoms with Gasteiger partial charge in [-0.15, -0.1) is 0 Å². The zero-order valence-electron chi connectivity index (χ0n) is 18.5. The van der Waals surface area contributed by atoms with Crippen LogP contribution in [0, 0.1) is 6.92 Å². The third-order valence-electron chi connectivity index (χ3n) is 4.88. The quantitative estimate of drug-likeness (QED) is 0.528. The van der Waals surface area contributed by atoms with Gasteiger partial charge in [-0.2, -0.15) is 0 Å². The molecule has 0 saturated heterocycles. The smallest absolute Gasteiger partial charge is 0.261 e. The number of carbonyl (C=O) groups is 2. The topological polar surface area (TPSA) is 105 Å². The lowest BCUT2D eigenvalue weighted by atomic mass is 10.1. The first-order valence-corrected chi connectivity index (χ1v) is 11.6. The van der Waals surface area contributed by atoms with Crippen LogP contribution in [0.2, 0.25) is 0 Å². The Morgan fingerprint density at radius 3 is 2.24 bits per heavy atom. The molecular formula is C24H25N3O5S. The fraction of sp³-hybridized carbons (Fsp3) is 0.167. The minimum Gasteiger partial charge on any atom is -0.497 e. The second-order valence-electron chi connectivity index (χ2n) is 7.39. The summed E-state index contributed by atoms with van der Waals surface area (Å²) < 4.78 is 33.3. The Hall–Kier alpha value is -3.85. The van der Waals surface area contributed by atoms with Crippen molar-refractivity contribution in [1.29, 1.82) is 0 Å². The molecule has 0 aliphatic heterocycles. The standard InChI is InChI=1S/C24H25N3O5S/c1-17-9-14-21(33(30,31)26-19-10-12-20(32-3)13-11-19)15-22(17)24(29)27(2)16-23(28)25-18-7-5-4-6-8-18/h4-15,26H,16H2,1-3H3,(H,25,28). The summed E-state index contributed by atoms with van der Waals surface area (Å²) in [6.07, 6.45) is 0. The molecule has 172 valence electrons. The lowest BCUT2D eigenvalue weighted by Gasteiger charge is -2.19. The van der Waals surface area contributed by atoms with E-state index in [2.05, 4.69) is 10.0 Å². The monoisotopic (exact) mass is 467 g/mol. The zero-order chi connectivity index (χ0) is 24.0. The Morgan fingerprint density at radius 2 is 1.61 bits per heavy atom. The number of benzene rings is 3. The maximum Gasteiger partial charge on any atom is 0.261 e. The summed E-state index contributed by atoms with van der Waals surface area (Å²) in [6, 6.07) is 19.6. The second kappa shape index (κ2) is 10.2. The third-order valence-corrected chi connectivity index (χ3v) is 6.26. The van der Waals surface area contributed by atoms with Gasteiger partial charge in [0.15, 0.2) is 0 Å². The number of methoxy groups -OCH3 is 1. The maximum atomic E-state index is 13.0. The van der Waals surface area contributed by atoms with E-state index in [9.17, 15) is 18.0 Å². The normalized spacial score (nSPS) is 10.9. The van der Waals surface area contributed by atoms with Gasteiger partial charge in [0.1, 0.15) is 5.75 Å². The molecule has 3 aromatic carbocycles. The average molecular weight is 468 g/mol. The van der Waals surface area contributed by atoms with Gasteiger partial charge in [0, 0.05) is 24.0 Å². The Kier molecular flexibility index (Phi) is 7.34. The van der Waals surface area contributed by atoms with Crippen LogP contribution in [0.1, 0.15) is 15.9 Å². The molecule has 0 aliphatic rings. The molecule has 3 aromatic rings. The van der Waals surface area contributed by atoms with Crippen molar-refractivity contribution in [3.63, 3.8) is 0 Å². The number of carbonyl (C=O) groups excluding carboxylic acids is 2. The number of amides is 2. The van der Waals surface area contributed by atoms with E-state index in [1.807, 2.05) is 6.07 Å². The number of anilines is 2. The van der Waals surface area contributed by atoms with Crippen LogP contribution in [-0.4, -0.2) is 45.8 Å². The van der Waals surface area contributed by atoms with Crippen molar-refractivity contribution in [2.45, 2.75) is 11.8 Å². The highest BCUT2D eigenvalue weighted by Gasteiger charge is 2.21. The van der Waals surface area contributed by atoms with E-state index >= 15 is 0 Å². The molecule has 9 heteroatoms. The number of nitrogens with one attached hydrogen (secondary N) is 2. The lowest BCUT2D eigenvalue weighted by Crippen LogP contribution is -2.35. The molecule has 0 atom stereocenters. The highest BCUT2D eigenvalue weighted by Crippen LogP contribution is 2.22. The van der Waals surface area contributed by atoms with Crippen molar-refractivity contribution in [3.8, 4) is 5.75 Å². The van der Waals surface area contributed by atoms with Crippen molar-refractivity contribution in [3.05, 3.63) is 83.9 Å². The summed E-state index contributed by atoms with van der Waals surface area (Å²) in [5, 5.41) is 2.72. The number of hydrogen-bond acceptors (Lipinski definition) is 5. The van der Waals surface area contributed by atoms with Gasteiger partial charge in [-0.3, -0.25) is 14.3 Å². The molecule has 0 radical (unpaired) electrons. The summed E-state index contributed by atoms with van der Waals surface area (Å²) in [7, 11) is -0.927. The molecule has 2 amide bonds. The minimum absolute atomic E-state index is 0.0607. The Morgan fingerprint density at radius 1 is 0.939 bits per heavy atom. The lowest BCUT2D eigenvalue weighted by molar-refractivity contribution is -0.116. The third kappa shape index (κ3) is 6.11. The van der Waals surface area contributed by atoms with Crippen molar-refractivity contribution in [2.24, 2.45) is 0 Å². The SMILES string of the molecule is COc1ccc(NS(=O)(=O)c2ccc(C)c(C(=O)N(C)CC(=O)Nc3ccccc3)c2)cc1. The van der Waals surface area contributed by atoms with Gasteiger partial charge >= 0.3 is 0 Å². The van der Waals surface area contributed by atoms with Gasteiger partial charge < -0.3 is 15.0 Å². The van der Waals surface area contributed by atoms with Crippen LogP contribution in [-0.2, 0) is 14.8 Å². The molecule has 33 heavy (non-hydrogen) atoms. The Balaban J connectivity index is 1.75. The van der Waals surface area contributed by atoms with Crippen LogP contribution in [0.4, 0.5) is 11.4 Å². The number of aryl methyl sites for hydroxylation is 1. The average Bonchev–Trinajstić information content (AvgIpc) is 2.79. The van der Waals surface area contributed by atoms with Gasteiger partial charge in [-0.25, -0.2) is 8.42 Å². The number of rotatable bonds is 8. The van der Waals surface area contributed by atoms with Gasteiger partial charge in [0.05, 0.1) is 18.6 Å². The molecule has 0 bridgehead atoms. The van der Waals surface area contributed by atoms with E-state index in [0.29, 0.717) is 22.7 Å². The molecule has 0 spiro atoms. The Labute approximate surface area is 193 Å². The Bertz CT molecular complexity index is 1240. The summed E-state index contributed by atoms with van der Waals surface area (Å²) in [4.78, 5) is 26.5. The zero-order valence-corrected chi connectivity index (χ0v) is 19.3. The summed E-state index contributed by atoms with van der Waals surface area (Å²) >= 11 is 0. The number of nitrogens with zero attached hydrogens (tertiary/aromatic N) is 1. The van der Waals surface area contributed by atoms with E-state index in [0.717, 1.165) is 0 Å². The van der Waals surface area contributed by atoms with Gasteiger partial charge in [-0.05, 0) is 61.0 Å². The number of ether oxygens (including phenoxy) is 1. The van der Waals surface area contributed by atoms with Crippen LogP contribution < -0.4 is 14.8 Å². The fourth-order valence-electron chi connectivity index (χ4n) is 3.09. The molecule has 8 nitrogen and oxygen atoms in total. The van der Waals surface area contributed by atoms with Crippen LogP contribution in [0.25, 0.3) is 0 Å². The first kappa shape index (κ1) is 23.8. The number of hydrogen-bond donors (Lipinski definition) is 2. The van der Waals surface area contributed by atoms with Crippen molar-refractivity contribution in [2.75, 3.05) is 30.7 Å². The second-order valence-corrected chi connectivity index (χ2v) is 9.07. The predicted octanol–water partition coefficient (Wildman–Crippen LogP) is 3.52. The highest BCUT2D eigenvalue weighted by molar-refractivity contribution is 7.92. The van der Waals surface area contributed by atoms with E-state index in [1.165, 1.54) is 31.2 Å². The van der Waals surface area contributed by atoms with E-state index in [-0.39, 0.29) is 22.9 Å². The van der Waals surface area contributed by atoms with Crippen LogP contribution in [0.5, 0.6) is 5.75 Å². The van der Waals surface area contributed by atoms with Gasteiger partial charge in [0.2, 0.25) is 5.91 Å². The van der Waals surface area contributed by atoms with Crippen molar-refractivity contribution < 1.29 is 22.7 Å². The van der Waals surface area contributed by atoms with Crippen LogP contribution in [0.15, 0.2) is 77.7 Å². The van der Waals surface area contributed by atoms with E-state index < -0.39 is 15.9 Å². The fourth-order valence-corrected chi connectivity index (χ4v) is 4.17. The number of sulfonamides is 1. The van der Waals surface area contributed by atoms with Crippen LogP contribution in [0.3, 0.4) is 0 Å². The first-order valence-electron chi connectivity index (χ1n) is 10.1. The highest BCUT2D eigenvalue weighted by atomic mass is 32.2. The minimum atomic E-state index is -3.94.